The molecule has 3 amide bonds. The maximum Gasteiger partial charge on any atom is 0.326 e. The Balaban J connectivity index is 4.54. The van der Waals surface area contributed by atoms with Gasteiger partial charge in [-0.1, -0.05) is 20.3 Å². The summed E-state index contributed by atoms with van der Waals surface area (Å²) in [5, 5.41) is 13.9. The second kappa shape index (κ2) is 8.39. The predicted molar refractivity (Wildman–Crippen MR) is 75.3 cm³/mol. The molecule has 0 rings (SSSR count). The van der Waals surface area contributed by atoms with E-state index >= 15 is 0 Å². The highest BCUT2D eigenvalue weighted by atomic mass is 16.4. The lowest BCUT2D eigenvalue weighted by molar-refractivity contribution is -0.140. The van der Waals surface area contributed by atoms with Crippen molar-refractivity contribution in [1.29, 1.82) is 0 Å². The minimum absolute atomic E-state index is 0.192. The fourth-order valence-electron chi connectivity index (χ4n) is 1.61. The van der Waals surface area contributed by atoms with E-state index in [1.807, 2.05) is 13.8 Å². The van der Waals surface area contributed by atoms with Crippen molar-refractivity contribution in [2.24, 2.45) is 5.92 Å². The zero-order valence-electron chi connectivity index (χ0n) is 12.8. The maximum absolute atomic E-state index is 11.8. The first-order valence-electron chi connectivity index (χ1n) is 6.79. The summed E-state index contributed by atoms with van der Waals surface area (Å²) in [6.45, 7) is 7.53. The van der Waals surface area contributed by atoms with Crippen molar-refractivity contribution >= 4 is 17.9 Å². The van der Waals surface area contributed by atoms with Gasteiger partial charge in [-0.3, -0.25) is 4.79 Å². The van der Waals surface area contributed by atoms with Crippen molar-refractivity contribution in [3.63, 3.8) is 0 Å². The third kappa shape index (κ3) is 5.46. The molecule has 7 nitrogen and oxygen atoms in total. The lowest BCUT2D eigenvalue weighted by Gasteiger charge is -2.23. The molecule has 116 valence electrons. The summed E-state index contributed by atoms with van der Waals surface area (Å²) in [4.78, 5) is 36.1. The Kier molecular flexibility index (Phi) is 7.64. The van der Waals surface area contributed by atoms with Crippen molar-refractivity contribution in [3.05, 3.63) is 0 Å². The van der Waals surface area contributed by atoms with Crippen LogP contribution in [-0.4, -0.2) is 53.6 Å². The highest BCUT2D eigenvalue weighted by Crippen LogP contribution is 2.07. The van der Waals surface area contributed by atoms with Crippen molar-refractivity contribution in [2.75, 3.05) is 13.6 Å². The number of nitrogens with zero attached hydrogens (tertiary/aromatic N) is 1. The Morgan fingerprint density at radius 3 is 2.10 bits per heavy atom. The lowest BCUT2D eigenvalue weighted by Crippen LogP contribution is -2.54. The number of hydrogen-bond donors (Lipinski definition) is 3. The zero-order valence-corrected chi connectivity index (χ0v) is 12.8. The van der Waals surface area contributed by atoms with E-state index in [1.165, 1.54) is 4.90 Å². The van der Waals surface area contributed by atoms with Gasteiger partial charge in [-0.2, -0.15) is 0 Å². The molecule has 0 aliphatic heterocycles. The van der Waals surface area contributed by atoms with Crippen molar-refractivity contribution in [2.45, 2.75) is 46.2 Å². The van der Waals surface area contributed by atoms with Crippen LogP contribution in [0, 0.1) is 5.92 Å². The number of carbonyl (C=O) groups excluding carboxylic acids is 2. The van der Waals surface area contributed by atoms with Gasteiger partial charge in [0.2, 0.25) is 5.91 Å². The molecule has 0 aliphatic rings. The molecule has 0 saturated heterocycles. The summed E-state index contributed by atoms with van der Waals surface area (Å²) in [6.07, 6.45) is 0.629. The molecular formula is C13H25N3O4. The van der Waals surface area contributed by atoms with Gasteiger partial charge in [-0.25, -0.2) is 9.59 Å². The van der Waals surface area contributed by atoms with Crippen LogP contribution in [0.1, 0.15) is 34.1 Å². The van der Waals surface area contributed by atoms with Crippen LogP contribution in [0.15, 0.2) is 0 Å². The molecule has 0 radical (unpaired) electrons. The molecular weight excluding hydrogens is 262 g/mol. The normalized spacial score (nSPS) is 14.8. The van der Waals surface area contributed by atoms with Gasteiger partial charge in [0.15, 0.2) is 0 Å². The molecule has 0 spiro atoms. The summed E-state index contributed by atoms with van der Waals surface area (Å²) in [7, 11) is 1.64. The fourth-order valence-corrected chi connectivity index (χ4v) is 1.61. The van der Waals surface area contributed by atoms with E-state index in [9.17, 15) is 14.4 Å². The molecule has 0 aromatic heterocycles. The molecule has 0 saturated carbocycles. The molecule has 2 unspecified atom stereocenters. The van der Waals surface area contributed by atoms with Gasteiger partial charge in [0.25, 0.3) is 0 Å². The van der Waals surface area contributed by atoms with Gasteiger partial charge in [0, 0.05) is 13.6 Å². The van der Waals surface area contributed by atoms with E-state index < -0.39 is 24.1 Å². The monoisotopic (exact) mass is 287 g/mol. The van der Waals surface area contributed by atoms with Crippen LogP contribution >= 0.6 is 0 Å². The summed E-state index contributed by atoms with van der Waals surface area (Å²) in [5.74, 6) is -1.50. The number of nitrogens with one attached hydrogen (secondary N) is 2. The quantitative estimate of drug-likeness (QED) is 0.640. The zero-order chi connectivity index (χ0) is 15.9. The Morgan fingerprint density at radius 2 is 1.70 bits per heavy atom. The van der Waals surface area contributed by atoms with Gasteiger partial charge in [0.05, 0.1) is 0 Å². The molecule has 0 aromatic carbocycles. The second-order valence-corrected chi connectivity index (χ2v) is 4.89. The van der Waals surface area contributed by atoms with Crippen LogP contribution in [0.4, 0.5) is 4.79 Å². The molecule has 0 fully saturated rings. The highest BCUT2D eigenvalue weighted by Gasteiger charge is 2.26. The van der Waals surface area contributed by atoms with Gasteiger partial charge in [-0.15, -0.1) is 0 Å². The number of rotatable bonds is 7. The topological polar surface area (TPSA) is 98.7 Å². The number of carbonyl (C=O) groups is 3. The van der Waals surface area contributed by atoms with Crippen LogP contribution in [0.2, 0.25) is 0 Å². The summed E-state index contributed by atoms with van der Waals surface area (Å²) in [5.41, 5.74) is 0. The number of urea groups is 1. The maximum atomic E-state index is 11.8. The Hall–Kier alpha value is -1.79. The van der Waals surface area contributed by atoms with E-state index in [-0.39, 0.29) is 11.8 Å². The number of carboxylic acids is 1. The molecule has 0 heterocycles. The summed E-state index contributed by atoms with van der Waals surface area (Å²) < 4.78 is 0. The largest absolute Gasteiger partial charge is 0.480 e. The van der Waals surface area contributed by atoms with E-state index in [0.717, 1.165) is 0 Å². The van der Waals surface area contributed by atoms with Gasteiger partial charge < -0.3 is 20.6 Å². The van der Waals surface area contributed by atoms with Gasteiger partial charge >= 0.3 is 12.0 Å². The first-order valence-corrected chi connectivity index (χ1v) is 6.79. The van der Waals surface area contributed by atoms with E-state index in [0.29, 0.717) is 13.0 Å². The van der Waals surface area contributed by atoms with Gasteiger partial charge in [0.1, 0.15) is 12.1 Å². The lowest BCUT2D eigenvalue weighted by atomic mass is 9.99. The fraction of sp³-hybridized carbons (Fsp3) is 0.769. The Bertz CT molecular complexity index is 360. The van der Waals surface area contributed by atoms with Crippen LogP contribution < -0.4 is 10.6 Å². The third-order valence-corrected chi connectivity index (χ3v) is 3.33. The van der Waals surface area contributed by atoms with E-state index in [1.54, 1.807) is 20.9 Å². The van der Waals surface area contributed by atoms with Crippen LogP contribution in [-0.2, 0) is 9.59 Å². The van der Waals surface area contributed by atoms with E-state index in [4.69, 9.17) is 5.11 Å². The van der Waals surface area contributed by atoms with Crippen molar-refractivity contribution in [1.82, 2.24) is 15.5 Å². The molecule has 3 atom stereocenters. The Labute approximate surface area is 119 Å². The third-order valence-electron chi connectivity index (χ3n) is 3.33. The minimum atomic E-state index is -1.08. The number of amides is 3. The SMILES string of the molecule is CCC(C)[C@H](NC(=O)NC(C)C(=O)N(C)CC)C(=O)O. The van der Waals surface area contributed by atoms with Crippen LogP contribution in [0.3, 0.4) is 0 Å². The molecule has 0 aromatic rings. The predicted octanol–water partition coefficient (Wildman–Crippen LogP) is 0.652. The van der Waals surface area contributed by atoms with E-state index in [2.05, 4.69) is 10.6 Å². The molecule has 0 aliphatic carbocycles. The minimum Gasteiger partial charge on any atom is -0.480 e. The molecule has 3 N–H and O–H groups in total. The second-order valence-electron chi connectivity index (χ2n) is 4.89. The summed E-state index contributed by atoms with van der Waals surface area (Å²) >= 11 is 0. The number of aliphatic carboxylic acids is 1. The Morgan fingerprint density at radius 1 is 1.15 bits per heavy atom. The molecule has 20 heavy (non-hydrogen) atoms. The first-order chi connectivity index (χ1) is 9.24. The van der Waals surface area contributed by atoms with Crippen LogP contribution in [0.5, 0.6) is 0 Å². The number of likely N-dealkylation sites (N-methyl/N-ethyl adjacent to an activating group) is 1. The molecule has 0 bridgehead atoms. The average Bonchev–Trinajstić information content (AvgIpc) is 2.41. The number of carboxylic acid groups (broad SMARTS) is 1. The van der Waals surface area contributed by atoms with Gasteiger partial charge in [-0.05, 0) is 19.8 Å². The summed E-state index contributed by atoms with van der Waals surface area (Å²) in [6, 6.07) is -2.32. The standard InChI is InChI=1S/C13H25N3O4/c1-6-8(3)10(12(18)19)15-13(20)14-9(4)11(17)16(5)7-2/h8-10H,6-7H2,1-5H3,(H,18,19)(H2,14,15,20)/t8?,9?,10-/m0/s1. The molecule has 7 heteroatoms. The van der Waals surface area contributed by atoms with Crippen molar-refractivity contribution < 1.29 is 19.5 Å². The highest BCUT2D eigenvalue weighted by molar-refractivity contribution is 5.88. The van der Waals surface area contributed by atoms with Crippen molar-refractivity contribution in [3.8, 4) is 0 Å². The first kappa shape index (κ1) is 18.2. The van der Waals surface area contributed by atoms with Crippen LogP contribution in [0.25, 0.3) is 0 Å². The smallest absolute Gasteiger partial charge is 0.326 e. The average molecular weight is 287 g/mol. The number of hydrogen-bond acceptors (Lipinski definition) is 3.